The van der Waals surface area contributed by atoms with Gasteiger partial charge < -0.3 is 19.5 Å². The van der Waals surface area contributed by atoms with Crippen LogP contribution in [0.25, 0.3) is 0 Å². The molecule has 0 spiro atoms. The van der Waals surface area contributed by atoms with E-state index in [0.29, 0.717) is 23.8 Å². The van der Waals surface area contributed by atoms with E-state index in [1.165, 1.54) is 0 Å². The summed E-state index contributed by atoms with van der Waals surface area (Å²) < 4.78 is 15.8. The number of aryl methyl sites for hydroxylation is 1. The molecule has 0 aromatic heterocycles. The van der Waals surface area contributed by atoms with Gasteiger partial charge in [-0.3, -0.25) is 4.79 Å². The van der Waals surface area contributed by atoms with E-state index in [-0.39, 0.29) is 6.61 Å². The van der Waals surface area contributed by atoms with Crippen molar-refractivity contribution in [3.05, 3.63) is 53.6 Å². The first kappa shape index (κ1) is 19.3. The van der Waals surface area contributed by atoms with Gasteiger partial charge in [-0.25, -0.2) is 4.79 Å². The van der Waals surface area contributed by atoms with Crippen LogP contribution >= 0.6 is 0 Å². The van der Waals surface area contributed by atoms with Crippen molar-refractivity contribution in [3.63, 3.8) is 0 Å². The Kier molecular flexibility index (Phi) is 7.02. The van der Waals surface area contributed by atoms with E-state index >= 15 is 0 Å². The number of hydrogen-bond acceptors (Lipinski definition) is 5. The summed E-state index contributed by atoms with van der Waals surface area (Å²) in [6, 6.07) is 12.7. The fourth-order valence-corrected chi connectivity index (χ4v) is 2.24. The van der Waals surface area contributed by atoms with Crippen LogP contribution in [0.15, 0.2) is 42.5 Å². The van der Waals surface area contributed by atoms with E-state index in [9.17, 15) is 9.59 Å². The summed E-state index contributed by atoms with van der Waals surface area (Å²) in [7, 11) is 0. The minimum absolute atomic E-state index is 0.257. The summed E-state index contributed by atoms with van der Waals surface area (Å²) in [6.45, 7) is 5.57. The van der Waals surface area contributed by atoms with E-state index in [1.807, 2.05) is 39.0 Å². The van der Waals surface area contributed by atoms with Gasteiger partial charge in [0.2, 0.25) is 0 Å². The van der Waals surface area contributed by atoms with Gasteiger partial charge in [0.05, 0.1) is 12.3 Å². The molecule has 0 heterocycles. The summed E-state index contributed by atoms with van der Waals surface area (Å²) in [6.07, 6.45) is 0. The minimum atomic E-state index is -0.612. The first-order valence-corrected chi connectivity index (χ1v) is 8.37. The first-order valence-electron chi connectivity index (χ1n) is 8.37. The molecule has 0 fully saturated rings. The maximum absolute atomic E-state index is 12.0. The Balaban J connectivity index is 1.80. The molecule has 0 saturated carbocycles. The highest BCUT2D eigenvalue weighted by molar-refractivity contribution is 5.94. The summed E-state index contributed by atoms with van der Waals surface area (Å²) in [5.41, 5.74) is 2.57. The number of carbonyl (C=O) groups excluding carboxylic acids is 2. The molecular weight excluding hydrogens is 334 g/mol. The predicted octanol–water partition coefficient (Wildman–Crippen LogP) is 3.26. The van der Waals surface area contributed by atoms with Crippen LogP contribution in [0.3, 0.4) is 0 Å². The Bertz CT molecular complexity index is 773. The van der Waals surface area contributed by atoms with Crippen LogP contribution in [0.4, 0.5) is 5.69 Å². The van der Waals surface area contributed by atoms with Crippen molar-refractivity contribution >= 4 is 17.6 Å². The van der Waals surface area contributed by atoms with Gasteiger partial charge in [0.25, 0.3) is 5.91 Å². The maximum Gasteiger partial charge on any atom is 0.344 e. The highest BCUT2D eigenvalue weighted by Crippen LogP contribution is 2.23. The van der Waals surface area contributed by atoms with Crippen LogP contribution in [0.2, 0.25) is 0 Å². The lowest BCUT2D eigenvalue weighted by Gasteiger charge is -2.12. The van der Waals surface area contributed by atoms with Crippen LogP contribution in [-0.4, -0.2) is 31.7 Å². The molecule has 1 amide bonds. The molecule has 1 N–H and O–H groups in total. The van der Waals surface area contributed by atoms with Gasteiger partial charge in [0.1, 0.15) is 11.5 Å². The largest absolute Gasteiger partial charge is 0.492 e. The number of anilines is 1. The van der Waals surface area contributed by atoms with Gasteiger partial charge in [-0.15, -0.1) is 0 Å². The maximum atomic E-state index is 12.0. The smallest absolute Gasteiger partial charge is 0.344 e. The topological polar surface area (TPSA) is 73.9 Å². The Morgan fingerprint density at radius 2 is 1.65 bits per heavy atom. The fraction of sp³-hybridized carbons (Fsp3) is 0.300. The average molecular weight is 357 g/mol. The Morgan fingerprint density at radius 1 is 0.923 bits per heavy atom. The van der Waals surface area contributed by atoms with E-state index < -0.39 is 18.5 Å². The number of para-hydroxylation sites is 2. The summed E-state index contributed by atoms with van der Waals surface area (Å²) in [5, 5.41) is 2.66. The molecule has 26 heavy (non-hydrogen) atoms. The van der Waals surface area contributed by atoms with E-state index in [0.717, 1.165) is 11.1 Å². The molecular formula is C20H23NO5. The summed E-state index contributed by atoms with van der Waals surface area (Å²) in [5.74, 6) is 0.126. The fourth-order valence-electron chi connectivity index (χ4n) is 2.24. The van der Waals surface area contributed by atoms with E-state index in [1.54, 1.807) is 24.3 Å². The predicted molar refractivity (Wildman–Crippen MR) is 98.6 cm³/mol. The van der Waals surface area contributed by atoms with Crippen LogP contribution in [0.1, 0.15) is 18.1 Å². The van der Waals surface area contributed by atoms with Crippen molar-refractivity contribution in [1.29, 1.82) is 0 Å². The molecule has 0 unspecified atom stereocenters. The molecule has 6 nitrogen and oxygen atoms in total. The number of nitrogens with one attached hydrogen (secondary N) is 1. The number of esters is 1. The van der Waals surface area contributed by atoms with Crippen LogP contribution < -0.4 is 14.8 Å². The van der Waals surface area contributed by atoms with E-state index in [4.69, 9.17) is 14.2 Å². The zero-order chi connectivity index (χ0) is 18.9. The zero-order valence-corrected chi connectivity index (χ0v) is 15.2. The molecule has 2 aromatic rings. The van der Waals surface area contributed by atoms with Gasteiger partial charge in [0.15, 0.2) is 13.2 Å². The quantitative estimate of drug-likeness (QED) is 0.734. The Labute approximate surface area is 153 Å². The average Bonchev–Trinajstić information content (AvgIpc) is 2.63. The van der Waals surface area contributed by atoms with Crippen molar-refractivity contribution < 1.29 is 23.8 Å². The molecule has 0 radical (unpaired) electrons. The van der Waals surface area contributed by atoms with Crippen LogP contribution in [-0.2, 0) is 14.3 Å². The molecule has 0 atom stereocenters. The third kappa shape index (κ3) is 5.51. The first-order chi connectivity index (χ1) is 12.5. The molecule has 2 rings (SSSR count). The molecule has 138 valence electrons. The number of hydrogen-bond donors (Lipinski definition) is 1. The van der Waals surface area contributed by atoms with Crippen molar-refractivity contribution in [1.82, 2.24) is 0 Å². The third-order valence-corrected chi connectivity index (χ3v) is 3.73. The van der Waals surface area contributed by atoms with Crippen LogP contribution in [0, 0.1) is 13.8 Å². The van der Waals surface area contributed by atoms with Gasteiger partial charge in [-0.1, -0.05) is 24.3 Å². The molecule has 0 saturated heterocycles. The number of carbonyl (C=O) groups is 2. The van der Waals surface area contributed by atoms with Crippen molar-refractivity contribution in [2.24, 2.45) is 0 Å². The Hall–Kier alpha value is -3.02. The molecule has 2 aromatic carbocycles. The number of ether oxygens (including phenoxy) is 3. The highest BCUT2D eigenvalue weighted by Gasteiger charge is 2.12. The second-order valence-corrected chi connectivity index (χ2v) is 5.62. The lowest BCUT2D eigenvalue weighted by molar-refractivity contribution is -0.149. The van der Waals surface area contributed by atoms with Gasteiger partial charge in [-0.2, -0.15) is 0 Å². The van der Waals surface area contributed by atoms with Crippen molar-refractivity contribution in [2.75, 3.05) is 25.1 Å². The number of benzene rings is 2. The highest BCUT2D eigenvalue weighted by atomic mass is 16.6. The molecule has 0 bridgehead atoms. The van der Waals surface area contributed by atoms with Crippen molar-refractivity contribution in [3.8, 4) is 11.5 Å². The molecule has 0 aliphatic carbocycles. The van der Waals surface area contributed by atoms with Gasteiger partial charge in [0, 0.05) is 0 Å². The standard InChI is InChI=1S/C20H23NO5/c1-4-24-18-10-6-5-9-16(18)21-19(22)12-26-20(23)13-25-17-11-7-8-14(2)15(17)3/h5-11H,4,12-13H2,1-3H3,(H,21,22). The molecule has 6 heteroatoms. The normalized spacial score (nSPS) is 10.1. The second kappa shape index (κ2) is 9.46. The molecule has 0 aliphatic rings. The second-order valence-electron chi connectivity index (χ2n) is 5.62. The van der Waals surface area contributed by atoms with Crippen LogP contribution in [0.5, 0.6) is 11.5 Å². The SMILES string of the molecule is CCOc1ccccc1NC(=O)COC(=O)COc1cccc(C)c1C. The zero-order valence-electron chi connectivity index (χ0n) is 15.2. The monoisotopic (exact) mass is 357 g/mol. The number of amides is 1. The molecule has 0 aliphatic heterocycles. The number of rotatable bonds is 8. The van der Waals surface area contributed by atoms with Gasteiger partial charge >= 0.3 is 5.97 Å². The summed E-state index contributed by atoms with van der Waals surface area (Å²) >= 11 is 0. The van der Waals surface area contributed by atoms with Gasteiger partial charge in [-0.05, 0) is 50.1 Å². The lowest BCUT2D eigenvalue weighted by Crippen LogP contribution is -2.24. The van der Waals surface area contributed by atoms with E-state index in [2.05, 4.69) is 5.32 Å². The summed E-state index contributed by atoms with van der Waals surface area (Å²) in [4.78, 5) is 23.7. The lowest BCUT2D eigenvalue weighted by atomic mass is 10.1. The Morgan fingerprint density at radius 3 is 2.42 bits per heavy atom. The third-order valence-electron chi connectivity index (χ3n) is 3.73. The van der Waals surface area contributed by atoms with Crippen molar-refractivity contribution in [2.45, 2.75) is 20.8 Å². The minimum Gasteiger partial charge on any atom is -0.492 e.